The first-order valence-electron chi connectivity index (χ1n) is 30.9. The average Bonchev–Trinajstić information content (AvgIpc) is 1.76. The molecule has 472 valence electrons. The van der Waals surface area contributed by atoms with Crippen molar-refractivity contribution in [3.8, 4) is 11.1 Å². The molecule has 0 saturated carbocycles. The molecule has 5 atom stereocenters. The number of rotatable bonds is 11. The second-order valence-electron chi connectivity index (χ2n) is 22.5. The van der Waals surface area contributed by atoms with Crippen molar-refractivity contribution in [3.63, 3.8) is 0 Å². The molecule has 0 amide bonds. The van der Waals surface area contributed by atoms with Crippen LogP contribution in [-0.4, -0.2) is 93.4 Å². The van der Waals surface area contributed by atoms with Crippen molar-refractivity contribution < 1.29 is 23.7 Å². The fourth-order valence-corrected chi connectivity index (χ4v) is 20.2. The number of hydrogen-bond acceptors (Lipinski definition) is 15. The molecular weight excluding hydrogens is 1300 g/mol. The molecule has 10 nitrogen and oxygen atoms in total. The van der Waals surface area contributed by atoms with Crippen LogP contribution >= 0.6 is 103 Å². The molecule has 5 aromatic heterocycles. The van der Waals surface area contributed by atoms with Gasteiger partial charge in [-0.2, -0.15) is 0 Å². The van der Waals surface area contributed by atoms with Crippen LogP contribution in [0.15, 0.2) is 121 Å². The number of ether oxygens (including phenoxy) is 5. The van der Waals surface area contributed by atoms with E-state index in [1.54, 1.807) is 22.7 Å². The van der Waals surface area contributed by atoms with Gasteiger partial charge in [-0.05, 0) is 163 Å². The number of fused-ring (bicyclic) bond motifs is 15. The van der Waals surface area contributed by atoms with Gasteiger partial charge in [0.15, 0.2) is 0 Å². The molecule has 90 heavy (non-hydrogen) atoms. The second kappa shape index (κ2) is 31.0. The Morgan fingerprint density at radius 3 is 1.22 bits per heavy atom. The molecule has 5 aliphatic rings. The van der Waals surface area contributed by atoms with E-state index in [0.717, 1.165) is 107 Å². The maximum absolute atomic E-state index is 6.35. The molecule has 0 saturated heterocycles. The minimum Gasteiger partial charge on any atom is -0.371 e. The summed E-state index contributed by atoms with van der Waals surface area (Å²) < 4.78 is 35.6. The largest absolute Gasteiger partial charge is 0.371 e. The molecule has 11 aromatic rings. The average molecular weight is 1380 g/mol. The molecule has 5 aliphatic heterocycles. The van der Waals surface area contributed by atoms with Crippen LogP contribution in [0.1, 0.15) is 89.6 Å². The number of benzene rings is 6. The van der Waals surface area contributed by atoms with Gasteiger partial charge >= 0.3 is 0 Å². The Labute approximate surface area is 567 Å². The van der Waals surface area contributed by atoms with E-state index in [9.17, 15) is 0 Å². The Kier molecular flexibility index (Phi) is 22.7. The highest BCUT2D eigenvalue weighted by Gasteiger charge is 2.30. The minimum atomic E-state index is 0.00555. The smallest absolute Gasteiger partial charge is 0.104 e. The monoisotopic (exact) mass is 1380 g/mol. The van der Waals surface area contributed by atoms with E-state index in [4.69, 9.17) is 75.8 Å². The molecule has 16 rings (SSSR count). The highest BCUT2D eigenvalue weighted by atomic mass is 35.5. The van der Waals surface area contributed by atoms with Gasteiger partial charge in [-0.1, -0.05) is 126 Å². The molecule has 6 aromatic carbocycles. The van der Waals surface area contributed by atoms with Crippen molar-refractivity contribution in [3.05, 3.63) is 194 Å². The maximum Gasteiger partial charge on any atom is 0.104 e. The number of likely N-dealkylation sites (N-methyl/N-ethyl adjacent to an activating group) is 4. The van der Waals surface area contributed by atoms with Crippen molar-refractivity contribution >= 4 is 154 Å². The summed E-state index contributed by atoms with van der Waals surface area (Å²) in [5.74, 6) is 0. The first-order valence-corrected chi connectivity index (χ1v) is 36.5. The normalized spacial score (nSPS) is 19.1. The van der Waals surface area contributed by atoms with Gasteiger partial charge in [0, 0.05) is 91.4 Å². The van der Waals surface area contributed by atoms with Crippen LogP contribution in [0.4, 0.5) is 0 Å². The molecule has 19 heteroatoms. The van der Waals surface area contributed by atoms with E-state index >= 15 is 0 Å². The summed E-state index contributed by atoms with van der Waals surface area (Å²) in [5.41, 5.74) is 15.4. The van der Waals surface area contributed by atoms with Crippen LogP contribution < -0.4 is 27.0 Å². The zero-order valence-corrected chi connectivity index (χ0v) is 58.0. The summed E-state index contributed by atoms with van der Waals surface area (Å²) in [6.45, 7) is 11.1. The van der Waals surface area contributed by atoms with Crippen molar-refractivity contribution in [1.82, 2.24) is 21.3 Å². The number of nitrogens with one attached hydrogen (secondary N) is 4. The van der Waals surface area contributed by atoms with E-state index < -0.39 is 0 Å². The Hall–Kier alpha value is -4.12. The third-order valence-electron chi connectivity index (χ3n) is 16.9. The number of thiophene rings is 5. The summed E-state index contributed by atoms with van der Waals surface area (Å²) in [6.07, 6.45) is 5.75. The number of halogens is 4. The lowest BCUT2D eigenvalue weighted by Gasteiger charge is -2.23. The Morgan fingerprint density at radius 2 is 0.767 bits per heavy atom. The molecule has 0 bridgehead atoms. The summed E-state index contributed by atoms with van der Waals surface area (Å²) in [5, 5.41) is 22.0. The van der Waals surface area contributed by atoms with Crippen molar-refractivity contribution in [2.45, 2.75) is 69.5 Å². The minimum absolute atomic E-state index is 0.00555. The van der Waals surface area contributed by atoms with E-state index in [2.05, 4.69) is 125 Å². The maximum atomic E-state index is 6.35. The fraction of sp³-hybridized carbons (Fsp3) is 0.352. The van der Waals surface area contributed by atoms with E-state index in [1.807, 2.05) is 79.4 Å². The lowest BCUT2D eigenvalue weighted by Crippen LogP contribution is -2.26. The topological polar surface area (TPSA) is 120 Å². The van der Waals surface area contributed by atoms with Gasteiger partial charge in [0.2, 0.25) is 0 Å². The Balaban J connectivity index is 0.000000109. The molecule has 0 aliphatic carbocycles. The molecular formula is C71H75Cl4N5O5S5. The lowest BCUT2D eigenvalue weighted by molar-refractivity contribution is 0.0462. The third kappa shape index (κ3) is 14.1. The van der Waals surface area contributed by atoms with Gasteiger partial charge in [0.05, 0.1) is 53.1 Å². The van der Waals surface area contributed by atoms with Crippen LogP contribution in [0, 0.1) is 0 Å². The van der Waals surface area contributed by atoms with E-state index in [1.165, 1.54) is 98.3 Å². The summed E-state index contributed by atoms with van der Waals surface area (Å²) >= 11 is 34.0. The fourth-order valence-electron chi connectivity index (χ4n) is 12.7. The molecule has 10 heterocycles. The summed E-state index contributed by atoms with van der Waals surface area (Å²) in [6, 6.07) is 42.6. The summed E-state index contributed by atoms with van der Waals surface area (Å²) in [7, 11) is 5.90. The van der Waals surface area contributed by atoms with Gasteiger partial charge in [0.25, 0.3) is 0 Å². The van der Waals surface area contributed by atoms with Gasteiger partial charge in [-0.15, -0.1) is 56.7 Å². The van der Waals surface area contributed by atoms with E-state index in [-0.39, 0.29) is 30.5 Å². The number of nitrogens with two attached hydrogens (primary N) is 1. The molecule has 5 unspecified atom stereocenters. The van der Waals surface area contributed by atoms with Crippen LogP contribution in [0.2, 0.25) is 20.1 Å². The van der Waals surface area contributed by atoms with Gasteiger partial charge in [-0.3, -0.25) is 0 Å². The molecule has 0 fully saturated rings. The Morgan fingerprint density at radius 1 is 0.400 bits per heavy atom. The van der Waals surface area contributed by atoms with Crippen molar-refractivity contribution in [2.75, 3.05) is 93.4 Å². The van der Waals surface area contributed by atoms with Crippen molar-refractivity contribution in [1.29, 1.82) is 0 Å². The van der Waals surface area contributed by atoms with Crippen molar-refractivity contribution in [2.24, 2.45) is 5.73 Å². The second-order valence-corrected chi connectivity index (χ2v) is 29.5. The zero-order chi connectivity index (χ0) is 62.3. The van der Waals surface area contributed by atoms with Gasteiger partial charge in [0.1, 0.15) is 30.5 Å². The highest BCUT2D eigenvalue weighted by molar-refractivity contribution is 7.21. The highest BCUT2D eigenvalue weighted by Crippen LogP contribution is 2.47. The zero-order valence-electron chi connectivity index (χ0n) is 50.9. The number of hydrogen-bond donors (Lipinski definition) is 5. The van der Waals surface area contributed by atoms with Crippen LogP contribution in [0.3, 0.4) is 0 Å². The molecule has 6 N–H and O–H groups in total. The van der Waals surface area contributed by atoms with Crippen LogP contribution in [-0.2, 0) is 55.8 Å². The first-order chi connectivity index (χ1) is 44.1. The van der Waals surface area contributed by atoms with Crippen LogP contribution in [0.5, 0.6) is 0 Å². The van der Waals surface area contributed by atoms with Crippen LogP contribution in [0.25, 0.3) is 61.6 Å². The third-order valence-corrected chi connectivity index (χ3v) is 25.0. The molecule has 0 radical (unpaired) electrons. The lowest BCUT2D eigenvalue weighted by atomic mass is 9.99. The predicted octanol–water partition coefficient (Wildman–Crippen LogP) is 18.1. The van der Waals surface area contributed by atoms with Gasteiger partial charge in [-0.25, -0.2) is 0 Å². The summed E-state index contributed by atoms with van der Waals surface area (Å²) in [4.78, 5) is 6.74. The van der Waals surface area contributed by atoms with E-state index in [0.29, 0.717) is 33.2 Å². The first kappa shape index (κ1) is 65.9. The Bertz CT molecular complexity index is 4240. The standard InChI is InChI=1S/C19H19NOS.C14H17NOS.C13H13Cl2NOS.C13H15NOS.C12H11Cl2NOS/c1-20-12-17-19-15(9-10-21-17)16-11-14(7-8-18(16)22-19)13-5-3-2-4-6-13;1-2-15-9-12-14-11(7-8-16-12)10-5-3-4-6-13(10)17-14;1-16-6-9-13-7(4-5-17-9)11-10(18-13)3-2-8(14)12(11)15;1-14-8-11-13-10(6-7-15-11)9-4-2-3-5-12(9)16-13;13-7-1-2-9-10(11(7)14)6-3-4-16-8(5-15)12(6)17-9/h2-8,11,17,20H,9-10,12H2,1H3;3-6,12,15H,2,7-9H2,1H3;2-3,9,16H,4-6H2,1H3;2-5,11,14H,6-8H2,1H3;1-2,8H,3-5,15H2. The van der Waals surface area contributed by atoms with Gasteiger partial charge < -0.3 is 50.7 Å². The quantitative estimate of drug-likeness (QED) is 0.0856. The molecule has 0 spiro atoms. The predicted molar refractivity (Wildman–Crippen MR) is 386 cm³/mol. The SMILES string of the molecule is CCNCC1OCCc2c1sc1ccccc21.CNCC1OCCc2c1sc1ccc(-c3ccccc3)cc21.CNCC1OCCc2c1sc1ccc(Cl)c(Cl)c21.CNCC1OCCc2c1sc1ccccc21.NCC1OCCc2c1sc1ccc(Cl)c(Cl)c21.